The van der Waals surface area contributed by atoms with E-state index in [-0.39, 0.29) is 12.2 Å². The molecule has 0 fully saturated rings. The van der Waals surface area contributed by atoms with Crippen LogP contribution in [-0.2, 0) is 16.1 Å². The van der Waals surface area contributed by atoms with Crippen molar-refractivity contribution in [1.29, 1.82) is 0 Å². The molecule has 0 spiro atoms. The van der Waals surface area contributed by atoms with Gasteiger partial charge in [0, 0.05) is 26.1 Å². The Morgan fingerprint density at radius 3 is 2.25 bits per heavy atom. The molecule has 0 heterocycles. The number of nitrogens with zero attached hydrogens (tertiary/aromatic N) is 1. The number of ether oxygens (including phenoxy) is 1. The Labute approximate surface area is 119 Å². The average Bonchev–Trinajstić information content (AvgIpc) is 2.42. The van der Waals surface area contributed by atoms with Gasteiger partial charge in [0.2, 0.25) is 0 Å². The third kappa shape index (κ3) is 6.33. The number of carbonyl (C=O) groups excluding carboxylic acids is 1. The molecule has 1 N–H and O–H groups in total. The number of aliphatic carboxylic acids is 1. The highest BCUT2D eigenvalue weighted by atomic mass is 16.5. The molecule has 5 heteroatoms. The van der Waals surface area contributed by atoms with Crippen molar-refractivity contribution in [1.82, 2.24) is 4.90 Å². The number of carboxylic acid groups (broad SMARTS) is 1. The molecule has 0 saturated heterocycles. The summed E-state index contributed by atoms with van der Waals surface area (Å²) in [4.78, 5) is 23.7. The smallest absolute Gasteiger partial charge is 0.304 e. The molecule has 0 aliphatic heterocycles. The van der Waals surface area contributed by atoms with Gasteiger partial charge in [0.25, 0.3) is 0 Å². The van der Waals surface area contributed by atoms with Crippen LogP contribution in [0.4, 0.5) is 0 Å². The molecule has 0 saturated carbocycles. The van der Waals surface area contributed by atoms with Crippen LogP contribution in [0.5, 0.6) is 5.75 Å². The fourth-order valence-corrected chi connectivity index (χ4v) is 1.83. The van der Waals surface area contributed by atoms with Crippen molar-refractivity contribution in [2.75, 3.05) is 20.2 Å². The van der Waals surface area contributed by atoms with Gasteiger partial charge >= 0.3 is 5.97 Å². The molecule has 5 nitrogen and oxygen atoms in total. The van der Waals surface area contributed by atoms with E-state index in [1.165, 1.54) is 0 Å². The van der Waals surface area contributed by atoms with Crippen LogP contribution in [0.25, 0.3) is 0 Å². The SMILES string of the molecule is COc1ccc(CN(CCC(C)=O)CCC(=O)O)cc1. The minimum Gasteiger partial charge on any atom is -0.497 e. The molecule has 0 aliphatic rings. The van der Waals surface area contributed by atoms with Crippen LogP contribution in [0.2, 0.25) is 0 Å². The maximum atomic E-state index is 11.1. The second kappa shape index (κ2) is 8.32. The van der Waals surface area contributed by atoms with E-state index in [1.807, 2.05) is 29.2 Å². The van der Waals surface area contributed by atoms with Crippen LogP contribution in [-0.4, -0.2) is 42.0 Å². The fraction of sp³-hybridized carbons (Fsp3) is 0.467. The molecule has 20 heavy (non-hydrogen) atoms. The Hall–Kier alpha value is -1.88. The monoisotopic (exact) mass is 279 g/mol. The minimum atomic E-state index is -0.826. The highest BCUT2D eigenvalue weighted by molar-refractivity contribution is 5.75. The summed E-state index contributed by atoms with van der Waals surface area (Å²) >= 11 is 0. The summed E-state index contributed by atoms with van der Waals surface area (Å²) in [5, 5.41) is 8.76. The number of methoxy groups -OCH3 is 1. The lowest BCUT2D eigenvalue weighted by molar-refractivity contribution is -0.137. The highest BCUT2D eigenvalue weighted by Gasteiger charge is 2.09. The Bertz CT molecular complexity index is 424. The molecule has 0 amide bonds. The number of Topliss-reactive ketones (excluding diaryl/α,β-unsaturated/α-hetero) is 1. The van der Waals surface area contributed by atoms with E-state index in [0.29, 0.717) is 26.1 Å². The molecule has 1 aromatic carbocycles. The van der Waals surface area contributed by atoms with Crippen molar-refractivity contribution in [3.05, 3.63) is 29.8 Å². The van der Waals surface area contributed by atoms with Gasteiger partial charge in [-0.3, -0.25) is 14.5 Å². The third-order valence-corrected chi connectivity index (χ3v) is 2.99. The fourth-order valence-electron chi connectivity index (χ4n) is 1.83. The van der Waals surface area contributed by atoms with E-state index < -0.39 is 5.97 Å². The van der Waals surface area contributed by atoms with Gasteiger partial charge in [0.05, 0.1) is 13.5 Å². The summed E-state index contributed by atoms with van der Waals surface area (Å²) in [5.41, 5.74) is 1.07. The summed E-state index contributed by atoms with van der Waals surface area (Å²) in [5.74, 6) is 0.0715. The highest BCUT2D eigenvalue weighted by Crippen LogP contribution is 2.13. The predicted molar refractivity (Wildman–Crippen MR) is 75.8 cm³/mol. The van der Waals surface area contributed by atoms with E-state index in [9.17, 15) is 9.59 Å². The molecule has 0 bridgehead atoms. The second-order valence-corrected chi connectivity index (χ2v) is 4.72. The van der Waals surface area contributed by atoms with Gasteiger partial charge in [-0.1, -0.05) is 12.1 Å². The van der Waals surface area contributed by atoms with Gasteiger partial charge in [-0.05, 0) is 24.6 Å². The van der Waals surface area contributed by atoms with Gasteiger partial charge in [-0.2, -0.15) is 0 Å². The van der Waals surface area contributed by atoms with E-state index in [1.54, 1.807) is 14.0 Å². The van der Waals surface area contributed by atoms with Gasteiger partial charge in [0.15, 0.2) is 0 Å². The molecule has 1 aromatic rings. The zero-order valence-corrected chi connectivity index (χ0v) is 12.0. The Kier molecular flexibility index (Phi) is 6.73. The Balaban J connectivity index is 2.60. The second-order valence-electron chi connectivity index (χ2n) is 4.72. The molecule has 0 unspecified atom stereocenters. The van der Waals surface area contributed by atoms with Gasteiger partial charge < -0.3 is 9.84 Å². The first kappa shape index (κ1) is 16.2. The third-order valence-electron chi connectivity index (χ3n) is 2.99. The lowest BCUT2D eigenvalue weighted by atomic mass is 10.2. The van der Waals surface area contributed by atoms with E-state index in [2.05, 4.69) is 0 Å². The van der Waals surface area contributed by atoms with Crippen molar-refractivity contribution in [2.24, 2.45) is 0 Å². The van der Waals surface area contributed by atoms with Crippen molar-refractivity contribution in [3.63, 3.8) is 0 Å². The summed E-state index contributed by atoms with van der Waals surface area (Å²) in [6, 6.07) is 7.63. The summed E-state index contributed by atoms with van der Waals surface area (Å²) in [6.07, 6.45) is 0.518. The molecule has 0 radical (unpaired) electrons. The first-order chi connectivity index (χ1) is 9.51. The number of carboxylic acids is 1. The molecule has 110 valence electrons. The number of rotatable bonds is 9. The topological polar surface area (TPSA) is 66.8 Å². The van der Waals surface area contributed by atoms with E-state index >= 15 is 0 Å². The molecule has 0 atom stereocenters. The summed E-state index contributed by atoms with van der Waals surface area (Å²) in [6.45, 7) is 3.19. The zero-order chi connectivity index (χ0) is 15.0. The van der Waals surface area contributed by atoms with Crippen LogP contribution < -0.4 is 4.74 Å². The molecule has 0 aromatic heterocycles. The summed E-state index contributed by atoms with van der Waals surface area (Å²) in [7, 11) is 1.61. The first-order valence-corrected chi connectivity index (χ1v) is 6.57. The lowest BCUT2D eigenvalue weighted by Crippen LogP contribution is -2.28. The maximum Gasteiger partial charge on any atom is 0.304 e. The van der Waals surface area contributed by atoms with Crippen molar-refractivity contribution < 1.29 is 19.4 Å². The van der Waals surface area contributed by atoms with Gasteiger partial charge in [0.1, 0.15) is 11.5 Å². The van der Waals surface area contributed by atoms with Crippen LogP contribution in [0.15, 0.2) is 24.3 Å². The van der Waals surface area contributed by atoms with Crippen LogP contribution in [0, 0.1) is 0 Å². The zero-order valence-electron chi connectivity index (χ0n) is 12.0. The van der Waals surface area contributed by atoms with Gasteiger partial charge in [-0.15, -0.1) is 0 Å². The van der Waals surface area contributed by atoms with Crippen LogP contribution in [0.3, 0.4) is 0 Å². The van der Waals surface area contributed by atoms with Crippen LogP contribution >= 0.6 is 0 Å². The number of carbonyl (C=O) groups is 2. The number of hydrogen-bond acceptors (Lipinski definition) is 4. The standard InChI is InChI=1S/C15H21NO4/c1-12(17)7-9-16(10-8-15(18)19)11-13-3-5-14(20-2)6-4-13/h3-6H,7-11H2,1-2H3,(H,18,19). The quantitative estimate of drug-likeness (QED) is 0.748. The first-order valence-electron chi connectivity index (χ1n) is 6.57. The van der Waals surface area contributed by atoms with Gasteiger partial charge in [-0.25, -0.2) is 0 Å². The molecular weight excluding hydrogens is 258 g/mol. The number of ketones is 1. The molecule has 1 rings (SSSR count). The normalized spacial score (nSPS) is 10.6. The van der Waals surface area contributed by atoms with Crippen molar-refractivity contribution in [3.8, 4) is 5.75 Å². The summed E-state index contributed by atoms with van der Waals surface area (Å²) < 4.78 is 5.10. The Morgan fingerprint density at radius 1 is 1.15 bits per heavy atom. The minimum absolute atomic E-state index is 0.0774. The predicted octanol–water partition coefficient (Wildman–Crippen LogP) is 1.95. The van der Waals surface area contributed by atoms with E-state index in [0.717, 1.165) is 11.3 Å². The van der Waals surface area contributed by atoms with E-state index in [4.69, 9.17) is 9.84 Å². The maximum absolute atomic E-state index is 11.1. The van der Waals surface area contributed by atoms with Crippen molar-refractivity contribution in [2.45, 2.75) is 26.3 Å². The number of hydrogen-bond donors (Lipinski definition) is 1. The number of benzene rings is 1. The lowest BCUT2D eigenvalue weighted by Gasteiger charge is -2.21. The molecular formula is C15H21NO4. The average molecular weight is 279 g/mol. The Morgan fingerprint density at radius 2 is 1.75 bits per heavy atom. The largest absolute Gasteiger partial charge is 0.497 e. The molecule has 0 aliphatic carbocycles. The van der Waals surface area contributed by atoms with Crippen LogP contribution in [0.1, 0.15) is 25.3 Å². The van der Waals surface area contributed by atoms with Crippen molar-refractivity contribution >= 4 is 11.8 Å².